The van der Waals surface area contributed by atoms with E-state index < -0.39 is 5.41 Å². The van der Waals surface area contributed by atoms with Crippen LogP contribution < -0.4 is 0 Å². The number of carbonyl (C=O) groups is 1. The van der Waals surface area contributed by atoms with Crippen molar-refractivity contribution in [1.29, 1.82) is 0 Å². The molecule has 0 bridgehead atoms. The highest BCUT2D eigenvalue weighted by Crippen LogP contribution is 2.30. The second kappa shape index (κ2) is 3.85. The molecule has 0 saturated carbocycles. The minimum absolute atomic E-state index is 0.402. The summed E-state index contributed by atoms with van der Waals surface area (Å²) in [7, 11) is 0. The van der Waals surface area contributed by atoms with Crippen LogP contribution in [0.5, 0.6) is 0 Å². The fourth-order valence-corrected chi connectivity index (χ4v) is 1.93. The minimum Gasteiger partial charge on any atom is -0.302 e. The molecule has 0 amide bonds. The monoisotopic (exact) mass is 254 g/mol. The zero-order chi connectivity index (χ0) is 10.9. The Labute approximate surface area is 93.7 Å². The highest BCUT2D eigenvalue weighted by molar-refractivity contribution is 9.10. The molecular formula is C12H15BrO. The Morgan fingerprint density at radius 1 is 1.29 bits per heavy atom. The Kier molecular flexibility index (Phi) is 3.15. The second-order valence-electron chi connectivity index (χ2n) is 4.21. The molecule has 1 aromatic carbocycles. The highest BCUT2D eigenvalue weighted by atomic mass is 79.9. The summed E-state index contributed by atoms with van der Waals surface area (Å²) in [6.45, 7) is 7.96. The summed E-state index contributed by atoms with van der Waals surface area (Å²) >= 11 is 3.54. The molecule has 0 aliphatic rings. The molecule has 1 rings (SSSR count). The van der Waals surface area contributed by atoms with Crippen LogP contribution in [-0.2, 0) is 10.2 Å². The molecule has 0 fully saturated rings. The van der Waals surface area contributed by atoms with Gasteiger partial charge in [0, 0.05) is 9.89 Å². The molecular weight excluding hydrogens is 240 g/mol. The molecule has 0 saturated heterocycles. The fraction of sp³-hybridized carbons (Fsp3) is 0.417. The van der Waals surface area contributed by atoms with E-state index in [2.05, 4.69) is 22.9 Å². The number of hydrogen-bond donors (Lipinski definition) is 0. The van der Waals surface area contributed by atoms with E-state index in [-0.39, 0.29) is 0 Å². The number of benzene rings is 1. The second-order valence-corrected chi connectivity index (χ2v) is 5.00. The summed E-state index contributed by atoms with van der Waals surface area (Å²) in [6, 6.07) is 4.07. The van der Waals surface area contributed by atoms with Crippen LogP contribution in [0.1, 0.15) is 30.5 Å². The minimum atomic E-state index is -0.402. The summed E-state index contributed by atoms with van der Waals surface area (Å²) in [5.41, 5.74) is 3.04. The quantitative estimate of drug-likeness (QED) is 0.738. The maximum atomic E-state index is 11.0. The number of halogens is 1. The Hall–Kier alpha value is -0.630. The molecule has 1 aromatic rings. The average Bonchev–Trinajstić information content (AvgIpc) is 2.14. The lowest BCUT2D eigenvalue weighted by molar-refractivity contribution is -0.111. The highest BCUT2D eigenvalue weighted by Gasteiger charge is 2.22. The van der Waals surface area contributed by atoms with Crippen molar-refractivity contribution in [3.8, 4) is 0 Å². The van der Waals surface area contributed by atoms with Gasteiger partial charge in [0.05, 0.1) is 0 Å². The van der Waals surface area contributed by atoms with E-state index in [0.717, 1.165) is 21.9 Å². The molecule has 0 aromatic heterocycles. The van der Waals surface area contributed by atoms with E-state index in [4.69, 9.17) is 0 Å². The van der Waals surface area contributed by atoms with Gasteiger partial charge in [0.1, 0.15) is 6.29 Å². The van der Waals surface area contributed by atoms with Crippen molar-refractivity contribution < 1.29 is 4.79 Å². The standard InChI is InChI=1S/C12H15BrO/c1-8-5-6-10(9(2)11(8)13)12(3,4)7-14/h5-7H,1-4H3. The predicted octanol–water partition coefficient (Wildman–Crippen LogP) is 3.54. The first-order valence-electron chi connectivity index (χ1n) is 4.62. The maximum absolute atomic E-state index is 11.0. The summed E-state index contributed by atoms with van der Waals surface area (Å²) in [4.78, 5) is 11.0. The van der Waals surface area contributed by atoms with Crippen LogP contribution in [-0.4, -0.2) is 6.29 Å². The zero-order valence-corrected chi connectivity index (χ0v) is 10.6. The molecule has 0 spiro atoms. The van der Waals surface area contributed by atoms with Gasteiger partial charge in [0.2, 0.25) is 0 Å². The smallest absolute Gasteiger partial charge is 0.129 e. The van der Waals surface area contributed by atoms with Gasteiger partial charge < -0.3 is 4.79 Å². The largest absolute Gasteiger partial charge is 0.302 e. The van der Waals surface area contributed by atoms with Gasteiger partial charge in [-0.2, -0.15) is 0 Å². The lowest BCUT2D eigenvalue weighted by Crippen LogP contribution is -2.20. The molecule has 2 heteroatoms. The Balaban J connectivity index is 3.38. The van der Waals surface area contributed by atoms with E-state index in [1.54, 1.807) is 0 Å². The van der Waals surface area contributed by atoms with Gasteiger partial charge in [0.25, 0.3) is 0 Å². The maximum Gasteiger partial charge on any atom is 0.129 e. The van der Waals surface area contributed by atoms with Crippen LogP contribution in [0.2, 0.25) is 0 Å². The SMILES string of the molecule is Cc1ccc(C(C)(C)C=O)c(C)c1Br. The van der Waals surface area contributed by atoms with Crippen molar-refractivity contribution >= 4 is 22.2 Å². The molecule has 0 aliphatic heterocycles. The molecule has 0 atom stereocenters. The van der Waals surface area contributed by atoms with Crippen LogP contribution in [0.3, 0.4) is 0 Å². The molecule has 0 heterocycles. The van der Waals surface area contributed by atoms with Gasteiger partial charge >= 0.3 is 0 Å². The summed E-state index contributed by atoms with van der Waals surface area (Å²) in [5, 5.41) is 0. The van der Waals surface area contributed by atoms with Crippen molar-refractivity contribution in [2.45, 2.75) is 33.1 Å². The normalized spacial score (nSPS) is 11.5. The molecule has 1 nitrogen and oxygen atoms in total. The Morgan fingerprint density at radius 3 is 2.36 bits per heavy atom. The zero-order valence-electron chi connectivity index (χ0n) is 9.02. The number of hydrogen-bond acceptors (Lipinski definition) is 1. The number of aldehydes is 1. The van der Waals surface area contributed by atoms with Crippen LogP contribution in [0, 0.1) is 13.8 Å². The third-order valence-corrected chi connectivity index (χ3v) is 3.79. The number of aryl methyl sites for hydroxylation is 1. The lowest BCUT2D eigenvalue weighted by Gasteiger charge is -2.21. The Bertz CT molecular complexity index is 367. The number of carbonyl (C=O) groups excluding carboxylic acids is 1. The van der Waals surface area contributed by atoms with Crippen LogP contribution >= 0.6 is 15.9 Å². The molecule has 0 N–H and O–H groups in total. The topological polar surface area (TPSA) is 17.1 Å². The van der Waals surface area contributed by atoms with Crippen molar-refractivity contribution in [3.63, 3.8) is 0 Å². The van der Waals surface area contributed by atoms with Gasteiger partial charge in [-0.05, 0) is 44.4 Å². The first-order valence-corrected chi connectivity index (χ1v) is 5.42. The first-order chi connectivity index (χ1) is 6.40. The van der Waals surface area contributed by atoms with Gasteiger partial charge in [-0.1, -0.05) is 28.1 Å². The van der Waals surface area contributed by atoms with Crippen LogP contribution in [0.4, 0.5) is 0 Å². The summed E-state index contributed by atoms with van der Waals surface area (Å²) in [5.74, 6) is 0. The Morgan fingerprint density at radius 2 is 1.86 bits per heavy atom. The average molecular weight is 255 g/mol. The van der Waals surface area contributed by atoms with Gasteiger partial charge in [-0.3, -0.25) is 0 Å². The third-order valence-electron chi connectivity index (χ3n) is 2.57. The first kappa shape index (κ1) is 11.4. The van der Waals surface area contributed by atoms with E-state index in [9.17, 15) is 4.79 Å². The molecule has 14 heavy (non-hydrogen) atoms. The van der Waals surface area contributed by atoms with E-state index >= 15 is 0 Å². The van der Waals surface area contributed by atoms with Crippen molar-refractivity contribution in [2.75, 3.05) is 0 Å². The molecule has 76 valence electrons. The molecule has 0 aliphatic carbocycles. The third kappa shape index (κ3) is 1.90. The lowest BCUT2D eigenvalue weighted by atomic mass is 9.83. The van der Waals surface area contributed by atoms with Gasteiger partial charge in [0.15, 0.2) is 0 Å². The molecule has 0 radical (unpaired) electrons. The van der Waals surface area contributed by atoms with Crippen LogP contribution in [0.25, 0.3) is 0 Å². The van der Waals surface area contributed by atoms with E-state index in [1.165, 1.54) is 5.56 Å². The van der Waals surface area contributed by atoms with Crippen molar-refractivity contribution in [2.24, 2.45) is 0 Å². The van der Waals surface area contributed by atoms with Crippen molar-refractivity contribution in [1.82, 2.24) is 0 Å². The molecule has 0 unspecified atom stereocenters. The summed E-state index contributed by atoms with van der Waals surface area (Å²) in [6.07, 6.45) is 0.997. The van der Waals surface area contributed by atoms with E-state index in [1.807, 2.05) is 32.9 Å². The predicted molar refractivity (Wildman–Crippen MR) is 62.7 cm³/mol. The fourth-order valence-electron chi connectivity index (χ4n) is 1.58. The van der Waals surface area contributed by atoms with Crippen LogP contribution in [0.15, 0.2) is 16.6 Å². The summed E-state index contributed by atoms with van der Waals surface area (Å²) < 4.78 is 1.10. The van der Waals surface area contributed by atoms with Gasteiger partial charge in [-0.25, -0.2) is 0 Å². The van der Waals surface area contributed by atoms with E-state index in [0.29, 0.717) is 0 Å². The number of rotatable bonds is 2. The van der Waals surface area contributed by atoms with Gasteiger partial charge in [-0.15, -0.1) is 0 Å². The van der Waals surface area contributed by atoms with Crippen molar-refractivity contribution in [3.05, 3.63) is 33.3 Å².